The summed E-state index contributed by atoms with van der Waals surface area (Å²) in [5.41, 5.74) is 4.30. The SMILES string of the molecule is Cc1ccc(N2C(=O)C(c3ccc(Cl)cc3)=C(N3CCN(C)CC3)C2=O)c(C)c1. The van der Waals surface area contributed by atoms with Gasteiger partial charge in [-0.2, -0.15) is 0 Å². The second kappa shape index (κ2) is 7.65. The van der Waals surface area contributed by atoms with E-state index in [0.29, 0.717) is 40.6 Å². The van der Waals surface area contributed by atoms with Crippen molar-refractivity contribution in [3.05, 3.63) is 69.9 Å². The topological polar surface area (TPSA) is 43.9 Å². The van der Waals surface area contributed by atoms with Gasteiger partial charge in [0.15, 0.2) is 0 Å². The van der Waals surface area contributed by atoms with Gasteiger partial charge in [0.2, 0.25) is 0 Å². The first-order chi connectivity index (χ1) is 13.9. The summed E-state index contributed by atoms with van der Waals surface area (Å²) in [5, 5.41) is 0.596. The van der Waals surface area contributed by atoms with Crippen LogP contribution in [0.4, 0.5) is 5.69 Å². The van der Waals surface area contributed by atoms with Gasteiger partial charge in [-0.05, 0) is 50.2 Å². The first-order valence-electron chi connectivity index (χ1n) is 9.76. The minimum Gasteiger partial charge on any atom is -0.364 e. The van der Waals surface area contributed by atoms with Gasteiger partial charge in [0.05, 0.1) is 11.3 Å². The molecule has 2 aromatic carbocycles. The summed E-state index contributed by atoms with van der Waals surface area (Å²) in [5.74, 6) is -0.533. The Hall–Kier alpha value is -2.63. The average molecular weight is 410 g/mol. The van der Waals surface area contributed by atoms with Gasteiger partial charge in [-0.3, -0.25) is 9.59 Å². The number of carbonyl (C=O) groups is 2. The van der Waals surface area contributed by atoms with E-state index < -0.39 is 0 Å². The zero-order chi connectivity index (χ0) is 20.7. The summed E-state index contributed by atoms with van der Waals surface area (Å²) in [4.78, 5) is 32.7. The smallest absolute Gasteiger partial charge is 0.282 e. The van der Waals surface area contributed by atoms with Crippen molar-refractivity contribution in [2.75, 3.05) is 38.1 Å². The first-order valence-corrected chi connectivity index (χ1v) is 10.1. The van der Waals surface area contributed by atoms with E-state index in [1.54, 1.807) is 12.1 Å². The predicted octanol–water partition coefficient (Wildman–Crippen LogP) is 3.49. The van der Waals surface area contributed by atoms with Crippen LogP contribution in [0.15, 0.2) is 48.2 Å². The molecule has 0 unspecified atom stereocenters. The Morgan fingerprint density at radius 3 is 2.14 bits per heavy atom. The lowest BCUT2D eigenvalue weighted by molar-refractivity contribution is -0.120. The Morgan fingerprint density at radius 2 is 1.52 bits per heavy atom. The van der Waals surface area contributed by atoms with Crippen LogP contribution in [-0.4, -0.2) is 54.8 Å². The molecule has 0 aromatic heterocycles. The first kappa shape index (κ1) is 19.7. The number of likely N-dealkylation sites (N-methyl/N-ethyl adjacent to an activating group) is 1. The van der Waals surface area contributed by atoms with Crippen molar-refractivity contribution in [2.24, 2.45) is 0 Å². The van der Waals surface area contributed by atoms with Crippen molar-refractivity contribution in [3.8, 4) is 0 Å². The summed E-state index contributed by atoms with van der Waals surface area (Å²) >= 11 is 6.05. The number of aryl methyl sites for hydroxylation is 2. The van der Waals surface area contributed by atoms with E-state index >= 15 is 0 Å². The summed E-state index contributed by atoms with van der Waals surface area (Å²) in [7, 11) is 2.06. The monoisotopic (exact) mass is 409 g/mol. The summed E-state index contributed by atoms with van der Waals surface area (Å²) < 4.78 is 0. The van der Waals surface area contributed by atoms with E-state index in [2.05, 4.69) is 11.9 Å². The van der Waals surface area contributed by atoms with Gasteiger partial charge in [-0.1, -0.05) is 41.4 Å². The number of amides is 2. The number of hydrogen-bond donors (Lipinski definition) is 0. The largest absolute Gasteiger partial charge is 0.364 e. The van der Waals surface area contributed by atoms with Crippen LogP contribution in [0.1, 0.15) is 16.7 Å². The predicted molar refractivity (Wildman–Crippen MR) is 116 cm³/mol. The molecule has 2 aliphatic rings. The second-order valence-electron chi connectivity index (χ2n) is 7.76. The van der Waals surface area contributed by atoms with Crippen LogP contribution >= 0.6 is 11.6 Å². The summed E-state index contributed by atoms with van der Waals surface area (Å²) in [6.07, 6.45) is 0. The number of imide groups is 1. The normalized spacial score (nSPS) is 18.2. The fourth-order valence-corrected chi connectivity index (χ4v) is 4.12. The molecule has 0 saturated carbocycles. The third-order valence-corrected chi connectivity index (χ3v) is 5.86. The molecule has 6 heteroatoms. The van der Waals surface area contributed by atoms with Gasteiger partial charge in [-0.15, -0.1) is 0 Å². The molecule has 2 aliphatic heterocycles. The highest BCUT2D eigenvalue weighted by atomic mass is 35.5. The highest BCUT2D eigenvalue weighted by molar-refractivity contribution is 6.45. The molecule has 4 rings (SSSR count). The maximum absolute atomic E-state index is 13.6. The molecule has 0 radical (unpaired) electrons. The van der Waals surface area contributed by atoms with Gasteiger partial charge in [0.25, 0.3) is 11.8 Å². The maximum atomic E-state index is 13.6. The lowest BCUT2D eigenvalue weighted by Crippen LogP contribution is -2.46. The minimum atomic E-state index is -0.279. The molecule has 0 atom stereocenters. The fourth-order valence-electron chi connectivity index (χ4n) is 3.99. The zero-order valence-corrected chi connectivity index (χ0v) is 17.7. The molecule has 0 N–H and O–H groups in total. The van der Waals surface area contributed by atoms with Crippen molar-refractivity contribution >= 4 is 34.7 Å². The van der Waals surface area contributed by atoms with E-state index in [9.17, 15) is 9.59 Å². The molecular formula is C23H24ClN3O2. The van der Waals surface area contributed by atoms with E-state index in [1.807, 2.05) is 49.1 Å². The number of halogens is 1. The highest BCUT2D eigenvalue weighted by Crippen LogP contribution is 2.36. The van der Waals surface area contributed by atoms with Gasteiger partial charge in [-0.25, -0.2) is 4.90 Å². The Kier molecular flexibility index (Phi) is 5.19. The van der Waals surface area contributed by atoms with Crippen molar-refractivity contribution in [1.29, 1.82) is 0 Å². The van der Waals surface area contributed by atoms with Crippen molar-refractivity contribution in [2.45, 2.75) is 13.8 Å². The summed E-state index contributed by atoms with van der Waals surface area (Å²) in [6, 6.07) is 12.9. The third-order valence-electron chi connectivity index (χ3n) is 5.61. The van der Waals surface area contributed by atoms with Crippen LogP contribution in [-0.2, 0) is 9.59 Å². The van der Waals surface area contributed by atoms with E-state index in [1.165, 1.54) is 4.90 Å². The molecule has 2 aromatic rings. The zero-order valence-electron chi connectivity index (χ0n) is 16.9. The van der Waals surface area contributed by atoms with E-state index in [0.717, 1.165) is 24.2 Å². The number of piperazine rings is 1. The number of nitrogens with zero attached hydrogens (tertiary/aromatic N) is 3. The molecule has 2 heterocycles. The highest BCUT2D eigenvalue weighted by Gasteiger charge is 2.43. The number of carbonyl (C=O) groups excluding carboxylic acids is 2. The molecule has 1 saturated heterocycles. The minimum absolute atomic E-state index is 0.253. The lowest BCUT2D eigenvalue weighted by atomic mass is 10.0. The van der Waals surface area contributed by atoms with Gasteiger partial charge in [0.1, 0.15) is 5.70 Å². The molecule has 0 aliphatic carbocycles. The van der Waals surface area contributed by atoms with Gasteiger partial charge in [0, 0.05) is 31.2 Å². The number of hydrogen-bond acceptors (Lipinski definition) is 4. The molecule has 5 nitrogen and oxygen atoms in total. The molecular weight excluding hydrogens is 386 g/mol. The Labute approximate surface area is 176 Å². The van der Waals surface area contributed by atoms with Crippen LogP contribution in [0.25, 0.3) is 5.57 Å². The average Bonchev–Trinajstić information content (AvgIpc) is 2.94. The van der Waals surface area contributed by atoms with Crippen LogP contribution in [0.5, 0.6) is 0 Å². The van der Waals surface area contributed by atoms with Crippen LogP contribution < -0.4 is 4.90 Å². The molecule has 2 amide bonds. The summed E-state index contributed by atoms with van der Waals surface area (Å²) in [6.45, 7) is 7.05. The Bertz CT molecular complexity index is 1010. The van der Waals surface area contributed by atoms with Crippen LogP contribution in [0.2, 0.25) is 5.02 Å². The third kappa shape index (κ3) is 3.56. The van der Waals surface area contributed by atoms with Crippen molar-refractivity contribution < 1.29 is 9.59 Å². The Morgan fingerprint density at radius 1 is 0.862 bits per heavy atom. The standard InChI is InChI=1S/C23H24ClN3O2/c1-15-4-9-19(16(2)14-15)27-22(28)20(17-5-7-18(24)8-6-17)21(23(27)29)26-12-10-25(3)11-13-26/h4-9,14H,10-13H2,1-3H3. The van der Waals surface area contributed by atoms with Gasteiger partial charge >= 0.3 is 0 Å². The molecule has 150 valence electrons. The maximum Gasteiger partial charge on any atom is 0.282 e. The molecule has 1 fully saturated rings. The Balaban J connectivity index is 1.82. The van der Waals surface area contributed by atoms with Crippen LogP contribution in [0.3, 0.4) is 0 Å². The number of benzene rings is 2. The lowest BCUT2D eigenvalue weighted by Gasteiger charge is -2.34. The number of rotatable bonds is 3. The number of anilines is 1. The van der Waals surface area contributed by atoms with Gasteiger partial charge < -0.3 is 9.80 Å². The van der Waals surface area contributed by atoms with E-state index in [4.69, 9.17) is 11.6 Å². The molecule has 0 spiro atoms. The quantitative estimate of drug-likeness (QED) is 0.728. The van der Waals surface area contributed by atoms with E-state index in [-0.39, 0.29) is 11.8 Å². The van der Waals surface area contributed by atoms with Crippen molar-refractivity contribution in [1.82, 2.24) is 9.80 Å². The van der Waals surface area contributed by atoms with Crippen molar-refractivity contribution in [3.63, 3.8) is 0 Å². The molecule has 0 bridgehead atoms. The molecule has 29 heavy (non-hydrogen) atoms. The fraction of sp³-hybridized carbons (Fsp3) is 0.304. The second-order valence-corrected chi connectivity index (χ2v) is 8.19. The van der Waals surface area contributed by atoms with Crippen LogP contribution in [0, 0.1) is 13.8 Å².